The number of amides is 1. The second-order valence-corrected chi connectivity index (χ2v) is 6.90. The second kappa shape index (κ2) is 9.07. The summed E-state index contributed by atoms with van der Waals surface area (Å²) in [6.45, 7) is 1.71. The third-order valence-electron chi connectivity index (χ3n) is 4.46. The maximum absolute atomic E-state index is 12.6. The Morgan fingerprint density at radius 1 is 1.25 bits per heavy atom. The average molecular weight is 407 g/mol. The van der Waals surface area contributed by atoms with Gasteiger partial charge in [-0.25, -0.2) is 4.98 Å². The molecule has 0 aliphatic carbocycles. The van der Waals surface area contributed by atoms with Crippen molar-refractivity contribution in [2.75, 3.05) is 37.5 Å². The van der Waals surface area contributed by atoms with Gasteiger partial charge in [0, 0.05) is 32.0 Å². The summed E-state index contributed by atoms with van der Waals surface area (Å²) in [5.74, 6) is 0.676. The van der Waals surface area contributed by atoms with E-state index >= 15 is 0 Å². The highest BCUT2D eigenvalue weighted by Crippen LogP contribution is 2.27. The molecule has 1 aromatic heterocycles. The zero-order chi connectivity index (χ0) is 20.1. The highest BCUT2D eigenvalue weighted by atomic mass is 35.5. The van der Waals surface area contributed by atoms with E-state index in [9.17, 15) is 9.59 Å². The molecule has 8 nitrogen and oxygen atoms in total. The maximum atomic E-state index is 12.6. The van der Waals surface area contributed by atoms with Gasteiger partial charge >= 0.3 is 0 Å². The molecule has 1 aliphatic heterocycles. The van der Waals surface area contributed by atoms with Gasteiger partial charge in [0.25, 0.3) is 5.56 Å². The summed E-state index contributed by atoms with van der Waals surface area (Å²) >= 11 is 6.10. The van der Waals surface area contributed by atoms with Gasteiger partial charge in [-0.3, -0.25) is 14.2 Å². The summed E-state index contributed by atoms with van der Waals surface area (Å²) < 4.78 is 11.6. The molecule has 3 rings (SSSR count). The fourth-order valence-electron chi connectivity index (χ4n) is 3.16. The maximum Gasteiger partial charge on any atom is 0.255 e. The lowest BCUT2D eigenvalue weighted by atomic mass is 10.3. The first-order valence-electron chi connectivity index (χ1n) is 9.00. The molecule has 9 heteroatoms. The average Bonchev–Trinajstić information content (AvgIpc) is 3.18. The van der Waals surface area contributed by atoms with Crippen LogP contribution in [0.4, 0.5) is 11.6 Å². The van der Waals surface area contributed by atoms with Crippen LogP contribution >= 0.6 is 11.6 Å². The molecule has 0 radical (unpaired) electrons. The van der Waals surface area contributed by atoms with Crippen molar-refractivity contribution in [2.45, 2.75) is 26.0 Å². The van der Waals surface area contributed by atoms with E-state index in [-0.39, 0.29) is 24.6 Å². The van der Waals surface area contributed by atoms with E-state index in [0.29, 0.717) is 28.1 Å². The molecule has 0 spiro atoms. The van der Waals surface area contributed by atoms with Crippen LogP contribution in [0.1, 0.15) is 18.5 Å². The van der Waals surface area contributed by atoms with Crippen molar-refractivity contribution < 1.29 is 14.3 Å². The van der Waals surface area contributed by atoms with Crippen LogP contribution in [0.2, 0.25) is 5.02 Å². The molecule has 2 heterocycles. The zero-order valence-corrected chi connectivity index (χ0v) is 16.7. The number of anilines is 2. The van der Waals surface area contributed by atoms with Crippen molar-refractivity contribution in [1.29, 1.82) is 0 Å². The Labute approximate surface area is 168 Å². The zero-order valence-electron chi connectivity index (χ0n) is 15.9. The smallest absolute Gasteiger partial charge is 0.255 e. The monoisotopic (exact) mass is 406 g/mol. The van der Waals surface area contributed by atoms with E-state index in [0.717, 1.165) is 25.9 Å². The van der Waals surface area contributed by atoms with Gasteiger partial charge in [-0.05, 0) is 31.0 Å². The number of methoxy groups -OCH3 is 2. The van der Waals surface area contributed by atoms with E-state index in [1.165, 1.54) is 17.7 Å². The van der Waals surface area contributed by atoms with Crippen molar-refractivity contribution in [3.05, 3.63) is 45.3 Å². The Hall–Kier alpha value is -2.58. The number of aromatic nitrogens is 2. The van der Waals surface area contributed by atoms with Gasteiger partial charge in [0.1, 0.15) is 12.3 Å². The lowest BCUT2D eigenvalue weighted by molar-refractivity contribution is -0.116. The molecule has 0 atom stereocenters. The van der Waals surface area contributed by atoms with Crippen LogP contribution in [0, 0.1) is 0 Å². The second-order valence-electron chi connectivity index (χ2n) is 6.50. The molecular formula is C19H23ClN4O4. The Morgan fingerprint density at radius 2 is 2.00 bits per heavy atom. The van der Waals surface area contributed by atoms with E-state index in [2.05, 4.69) is 10.3 Å². The Morgan fingerprint density at radius 3 is 2.64 bits per heavy atom. The van der Waals surface area contributed by atoms with Gasteiger partial charge in [0.05, 0.1) is 24.4 Å². The van der Waals surface area contributed by atoms with Crippen molar-refractivity contribution in [1.82, 2.24) is 9.55 Å². The topological polar surface area (TPSA) is 85.7 Å². The van der Waals surface area contributed by atoms with Crippen molar-refractivity contribution in [2.24, 2.45) is 0 Å². The van der Waals surface area contributed by atoms with Crippen molar-refractivity contribution in [3.8, 4) is 5.75 Å². The minimum atomic E-state index is -0.343. The fraction of sp³-hybridized carbons (Fsp3) is 0.421. The number of rotatable bonds is 7. The van der Waals surface area contributed by atoms with Crippen LogP contribution < -0.4 is 20.5 Å². The number of halogens is 1. The van der Waals surface area contributed by atoms with Gasteiger partial charge in [0.15, 0.2) is 0 Å². The number of nitrogens with zero attached hydrogens (tertiary/aromatic N) is 3. The van der Waals surface area contributed by atoms with Gasteiger partial charge in [-0.1, -0.05) is 11.6 Å². The van der Waals surface area contributed by atoms with Crippen LogP contribution in [0.15, 0.2) is 29.1 Å². The number of carbonyl (C=O) groups excluding carboxylic acids is 1. The first-order chi connectivity index (χ1) is 13.5. The summed E-state index contributed by atoms with van der Waals surface area (Å²) in [6, 6.07) is 6.36. The molecule has 0 saturated carbocycles. The summed E-state index contributed by atoms with van der Waals surface area (Å²) in [5, 5.41) is 3.15. The third kappa shape index (κ3) is 4.63. The van der Waals surface area contributed by atoms with Gasteiger partial charge in [-0.2, -0.15) is 0 Å². The van der Waals surface area contributed by atoms with E-state index in [1.54, 1.807) is 25.3 Å². The first kappa shape index (κ1) is 20.2. The molecule has 0 bridgehead atoms. The van der Waals surface area contributed by atoms with Crippen LogP contribution in [0.3, 0.4) is 0 Å². The quantitative estimate of drug-likeness (QED) is 0.759. The predicted octanol–water partition coefficient (Wildman–Crippen LogP) is 2.29. The molecule has 150 valence electrons. The fourth-order valence-corrected chi connectivity index (χ4v) is 3.42. The third-order valence-corrected chi connectivity index (χ3v) is 4.75. The molecule has 1 fully saturated rings. The van der Waals surface area contributed by atoms with Crippen LogP contribution in [0.25, 0.3) is 0 Å². The van der Waals surface area contributed by atoms with Crippen molar-refractivity contribution >= 4 is 29.1 Å². The van der Waals surface area contributed by atoms with Crippen molar-refractivity contribution in [3.63, 3.8) is 0 Å². The highest BCUT2D eigenvalue weighted by Gasteiger charge is 2.21. The molecule has 1 aromatic carbocycles. The highest BCUT2D eigenvalue weighted by molar-refractivity contribution is 6.32. The van der Waals surface area contributed by atoms with Gasteiger partial charge in [-0.15, -0.1) is 0 Å². The van der Waals surface area contributed by atoms with E-state index in [4.69, 9.17) is 21.1 Å². The number of nitrogens with one attached hydrogen (secondary N) is 1. The minimum absolute atomic E-state index is 0.144. The largest absolute Gasteiger partial charge is 0.495 e. The van der Waals surface area contributed by atoms with Crippen LogP contribution in [-0.2, 0) is 22.7 Å². The van der Waals surface area contributed by atoms with Gasteiger partial charge in [0.2, 0.25) is 11.9 Å². The van der Waals surface area contributed by atoms with E-state index < -0.39 is 0 Å². The van der Waals surface area contributed by atoms with E-state index in [1.807, 2.05) is 4.90 Å². The van der Waals surface area contributed by atoms with Gasteiger partial charge < -0.3 is 19.7 Å². The number of ether oxygens (including phenoxy) is 2. The summed E-state index contributed by atoms with van der Waals surface area (Å²) in [4.78, 5) is 31.8. The number of hydrogen-bond donors (Lipinski definition) is 1. The minimum Gasteiger partial charge on any atom is -0.495 e. The molecule has 1 N–H and O–H groups in total. The Balaban J connectivity index is 1.83. The molecule has 0 unspecified atom stereocenters. The van der Waals surface area contributed by atoms with Crippen LogP contribution in [0.5, 0.6) is 5.75 Å². The standard InChI is InChI=1S/C19H23ClN4O4/c1-27-12-14-10-18(26)24(19(22-14)23-7-3-4-8-23)11-17(25)21-13-5-6-16(28-2)15(20)9-13/h5-6,9-10H,3-4,7-8,11-12H2,1-2H3,(H,21,25). The lowest BCUT2D eigenvalue weighted by Gasteiger charge is -2.21. The molecule has 1 aliphatic rings. The summed E-state index contributed by atoms with van der Waals surface area (Å²) in [5.41, 5.74) is 0.787. The molecule has 28 heavy (non-hydrogen) atoms. The number of carbonyl (C=O) groups is 1. The summed E-state index contributed by atoms with van der Waals surface area (Å²) in [7, 11) is 3.07. The molecule has 1 saturated heterocycles. The normalized spacial score (nSPS) is 13.6. The number of benzene rings is 1. The lowest BCUT2D eigenvalue weighted by Crippen LogP contribution is -2.34. The van der Waals surface area contributed by atoms with Crippen LogP contribution in [-0.4, -0.2) is 42.8 Å². The molecule has 1 amide bonds. The summed E-state index contributed by atoms with van der Waals surface area (Å²) in [6.07, 6.45) is 2.06. The molecule has 2 aromatic rings. The molecular weight excluding hydrogens is 384 g/mol. The Kier molecular flexibility index (Phi) is 6.53. The predicted molar refractivity (Wildman–Crippen MR) is 107 cm³/mol. The number of hydrogen-bond acceptors (Lipinski definition) is 6. The Bertz CT molecular complexity index is 909. The SMILES string of the molecule is COCc1cc(=O)n(CC(=O)Nc2ccc(OC)c(Cl)c2)c(N2CCCC2)n1. The first-order valence-corrected chi connectivity index (χ1v) is 9.37.